The van der Waals surface area contributed by atoms with Crippen LogP contribution in [-0.4, -0.2) is 41.8 Å². The van der Waals surface area contributed by atoms with Crippen molar-refractivity contribution in [3.05, 3.63) is 18.1 Å². The van der Waals surface area contributed by atoms with E-state index in [4.69, 9.17) is 9.72 Å². The summed E-state index contributed by atoms with van der Waals surface area (Å²) in [4.78, 5) is 11.4. The Kier molecular flexibility index (Phi) is 3.94. The summed E-state index contributed by atoms with van der Waals surface area (Å²) in [6, 6.07) is 1.13. The molecule has 3 rings (SSSR count). The standard InChI is InChI=1S/C14H22N4O/c1-2-13-10-19-6-5-18(13)14-9-15-7-12(17-14)8-16-11-3-4-11/h7,9,11,13,16H,2-6,8,10H2,1H3. The molecule has 1 N–H and O–H groups in total. The van der Waals surface area contributed by atoms with Gasteiger partial charge in [0.2, 0.25) is 0 Å². The average molecular weight is 262 g/mol. The number of aromatic nitrogens is 2. The predicted octanol–water partition coefficient (Wildman–Crippen LogP) is 1.34. The molecular formula is C14H22N4O. The molecule has 2 fully saturated rings. The first-order chi connectivity index (χ1) is 9.36. The van der Waals surface area contributed by atoms with Crippen LogP contribution < -0.4 is 10.2 Å². The summed E-state index contributed by atoms with van der Waals surface area (Å²) < 4.78 is 5.54. The third-order valence-electron chi connectivity index (χ3n) is 3.81. The van der Waals surface area contributed by atoms with Crippen LogP contribution in [0.4, 0.5) is 5.82 Å². The number of nitrogens with one attached hydrogen (secondary N) is 1. The van der Waals surface area contributed by atoms with Crippen LogP contribution >= 0.6 is 0 Å². The number of morpholine rings is 1. The maximum atomic E-state index is 5.54. The van der Waals surface area contributed by atoms with Crippen molar-refractivity contribution in [2.45, 2.75) is 44.8 Å². The quantitative estimate of drug-likeness (QED) is 0.868. The van der Waals surface area contributed by atoms with E-state index in [0.29, 0.717) is 12.1 Å². The summed E-state index contributed by atoms with van der Waals surface area (Å²) in [5.74, 6) is 0.991. The maximum Gasteiger partial charge on any atom is 0.147 e. The molecule has 1 saturated heterocycles. The minimum atomic E-state index is 0.426. The van der Waals surface area contributed by atoms with Crippen molar-refractivity contribution >= 4 is 5.82 Å². The molecule has 1 aliphatic carbocycles. The number of anilines is 1. The SMILES string of the molecule is CCC1COCCN1c1cncc(CNC2CC2)n1. The number of rotatable bonds is 5. The summed E-state index contributed by atoms with van der Waals surface area (Å²) in [6.45, 7) is 5.50. The normalized spacial score (nSPS) is 23.6. The summed E-state index contributed by atoms with van der Waals surface area (Å²) in [6.07, 6.45) is 7.41. The van der Waals surface area contributed by atoms with Crippen molar-refractivity contribution in [3.8, 4) is 0 Å². The van der Waals surface area contributed by atoms with Crippen LogP contribution in [0.1, 0.15) is 31.9 Å². The van der Waals surface area contributed by atoms with Gasteiger partial charge < -0.3 is 15.0 Å². The monoisotopic (exact) mass is 262 g/mol. The Morgan fingerprint density at radius 1 is 1.42 bits per heavy atom. The van der Waals surface area contributed by atoms with Crippen LogP contribution in [0.25, 0.3) is 0 Å². The van der Waals surface area contributed by atoms with Gasteiger partial charge in [0.05, 0.1) is 31.1 Å². The zero-order valence-electron chi connectivity index (χ0n) is 11.5. The lowest BCUT2D eigenvalue weighted by Crippen LogP contribution is -2.45. The highest BCUT2D eigenvalue weighted by Crippen LogP contribution is 2.20. The van der Waals surface area contributed by atoms with E-state index < -0.39 is 0 Å². The molecule has 19 heavy (non-hydrogen) atoms. The van der Waals surface area contributed by atoms with Crippen LogP contribution in [0.15, 0.2) is 12.4 Å². The van der Waals surface area contributed by atoms with E-state index in [2.05, 4.69) is 22.1 Å². The lowest BCUT2D eigenvalue weighted by molar-refractivity contribution is 0.0925. The van der Waals surface area contributed by atoms with Gasteiger partial charge in [-0.3, -0.25) is 4.98 Å². The van der Waals surface area contributed by atoms with Gasteiger partial charge in [-0.2, -0.15) is 0 Å². The topological polar surface area (TPSA) is 50.3 Å². The predicted molar refractivity (Wildman–Crippen MR) is 74.1 cm³/mol. The van der Waals surface area contributed by atoms with E-state index in [-0.39, 0.29) is 0 Å². The molecule has 1 aromatic heterocycles. The third-order valence-corrected chi connectivity index (χ3v) is 3.81. The molecule has 0 amide bonds. The van der Waals surface area contributed by atoms with Crippen LogP contribution in [0, 0.1) is 0 Å². The lowest BCUT2D eigenvalue weighted by Gasteiger charge is -2.35. The number of hydrogen-bond donors (Lipinski definition) is 1. The van der Waals surface area contributed by atoms with Gasteiger partial charge in [0, 0.05) is 25.3 Å². The maximum absolute atomic E-state index is 5.54. The number of hydrogen-bond acceptors (Lipinski definition) is 5. The number of nitrogens with zero attached hydrogens (tertiary/aromatic N) is 3. The van der Waals surface area contributed by atoms with Crippen molar-refractivity contribution in [2.24, 2.45) is 0 Å². The molecule has 1 unspecified atom stereocenters. The largest absolute Gasteiger partial charge is 0.377 e. The highest BCUT2D eigenvalue weighted by molar-refractivity contribution is 5.38. The zero-order valence-corrected chi connectivity index (χ0v) is 11.5. The van der Waals surface area contributed by atoms with Gasteiger partial charge in [-0.05, 0) is 19.3 Å². The van der Waals surface area contributed by atoms with E-state index in [1.54, 1.807) is 0 Å². The minimum Gasteiger partial charge on any atom is -0.377 e. The molecule has 2 heterocycles. The van der Waals surface area contributed by atoms with Gasteiger partial charge in [-0.25, -0.2) is 4.98 Å². The van der Waals surface area contributed by atoms with Crippen LogP contribution in [0.3, 0.4) is 0 Å². The van der Waals surface area contributed by atoms with E-state index in [1.807, 2.05) is 12.4 Å². The van der Waals surface area contributed by atoms with Gasteiger partial charge in [-0.1, -0.05) is 6.92 Å². The Hall–Kier alpha value is -1.20. The van der Waals surface area contributed by atoms with Crippen molar-refractivity contribution in [1.82, 2.24) is 15.3 Å². The second-order valence-electron chi connectivity index (χ2n) is 5.35. The summed E-state index contributed by atoms with van der Waals surface area (Å²) >= 11 is 0. The fourth-order valence-electron chi connectivity index (χ4n) is 2.45. The van der Waals surface area contributed by atoms with Crippen LogP contribution in [0.2, 0.25) is 0 Å². The first-order valence-electron chi connectivity index (χ1n) is 7.25. The minimum absolute atomic E-state index is 0.426. The van der Waals surface area contributed by atoms with E-state index in [9.17, 15) is 0 Å². The second-order valence-corrected chi connectivity index (χ2v) is 5.35. The van der Waals surface area contributed by atoms with Crippen molar-refractivity contribution in [2.75, 3.05) is 24.7 Å². The Balaban J connectivity index is 1.69. The molecule has 1 aliphatic heterocycles. The van der Waals surface area contributed by atoms with E-state index in [0.717, 1.165) is 44.2 Å². The van der Waals surface area contributed by atoms with Crippen LogP contribution in [0.5, 0.6) is 0 Å². The first kappa shape index (κ1) is 12.8. The first-order valence-corrected chi connectivity index (χ1v) is 7.25. The molecule has 5 heteroatoms. The molecule has 0 spiro atoms. The molecule has 0 radical (unpaired) electrons. The van der Waals surface area contributed by atoms with Crippen molar-refractivity contribution in [3.63, 3.8) is 0 Å². The molecule has 0 bridgehead atoms. The van der Waals surface area contributed by atoms with Gasteiger partial charge in [0.1, 0.15) is 5.82 Å². The molecule has 1 aromatic rings. The average Bonchev–Trinajstić information content (AvgIpc) is 3.29. The van der Waals surface area contributed by atoms with E-state index in [1.165, 1.54) is 12.8 Å². The van der Waals surface area contributed by atoms with E-state index >= 15 is 0 Å². The molecule has 0 aromatic carbocycles. The second kappa shape index (κ2) is 5.84. The van der Waals surface area contributed by atoms with Gasteiger partial charge in [0.25, 0.3) is 0 Å². The number of ether oxygens (including phenoxy) is 1. The van der Waals surface area contributed by atoms with Crippen LogP contribution in [-0.2, 0) is 11.3 Å². The Morgan fingerprint density at radius 3 is 3.11 bits per heavy atom. The van der Waals surface area contributed by atoms with Crippen molar-refractivity contribution < 1.29 is 4.74 Å². The lowest BCUT2D eigenvalue weighted by atomic mass is 10.2. The van der Waals surface area contributed by atoms with Gasteiger partial charge in [0.15, 0.2) is 0 Å². The van der Waals surface area contributed by atoms with Gasteiger partial charge in [-0.15, -0.1) is 0 Å². The highest BCUT2D eigenvalue weighted by atomic mass is 16.5. The fraction of sp³-hybridized carbons (Fsp3) is 0.714. The Bertz CT molecular complexity index is 422. The molecule has 1 saturated carbocycles. The summed E-state index contributed by atoms with van der Waals surface area (Å²) in [5, 5.41) is 3.48. The summed E-state index contributed by atoms with van der Waals surface area (Å²) in [7, 11) is 0. The Morgan fingerprint density at radius 2 is 2.32 bits per heavy atom. The Labute approximate surface area is 114 Å². The summed E-state index contributed by atoms with van der Waals surface area (Å²) in [5.41, 5.74) is 1.03. The molecule has 1 atom stereocenters. The molecular weight excluding hydrogens is 240 g/mol. The smallest absolute Gasteiger partial charge is 0.147 e. The van der Waals surface area contributed by atoms with Gasteiger partial charge >= 0.3 is 0 Å². The zero-order chi connectivity index (χ0) is 13.1. The molecule has 5 nitrogen and oxygen atoms in total. The molecule has 104 valence electrons. The highest BCUT2D eigenvalue weighted by Gasteiger charge is 2.23. The molecule has 2 aliphatic rings. The fourth-order valence-corrected chi connectivity index (χ4v) is 2.45. The third kappa shape index (κ3) is 3.22. The van der Waals surface area contributed by atoms with Crippen molar-refractivity contribution in [1.29, 1.82) is 0 Å².